The van der Waals surface area contributed by atoms with E-state index in [1.54, 1.807) is 7.11 Å². The predicted octanol–water partition coefficient (Wildman–Crippen LogP) is 1.90. The quantitative estimate of drug-likeness (QED) is 0.900. The monoisotopic (exact) mass is 296 g/mol. The lowest BCUT2D eigenvalue weighted by Gasteiger charge is -2.29. The number of nitriles is 1. The van der Waals surface area contributed by atoms with E-state index in [9.17, 15) is 8.42 Å². The van der Waals surface area contributed by atoms with E-state index >= 15 is 0 Å². The Morgan fingerprint density at radius 3 is 2.25 bits per heavy atom. The van der Waals surface area contributed by atoms with Crippen molar-refractivity contribution in [3.05, 3.63) is 29.8 Å². The van der Waals surface area contributed by atoms with Crippen LogP contribution in [0.5, 0.6) is 0 Å². The molecule has 0 aliphatic rings. The second-order valence-corrected chi connectivity index (χ2v) is 7.35. The SMILES string of the molecule is CO[C@H](CNS(=O)(=O)c1ccc(C#N)cc1)C(C)(C)C. The van der Waals surface area contributed by atoms with Crippen molar-refractivity contribution in [3.63, 3.8) is 0 Å². The van der Waals surface area contributed by atoms with E-state index in [-0.39, 0.29) is 23.0 Å². The molecule has 1 N–H and O–H groups in total. The normalized spacial score (nSPS) is 13.8. The summed E-state index contributed by atoms with van der Waals surface area (Å²) in [6, 6.07) is 7.74. The van der Waals surface area contributed by atoms with Crippen molar-refractivity contribution in [1.82, 2.24) is 4.72 Å². The van der Waals surface area contributed by atoms with Crippen molar-refractivity contribution < 1.29 is 13.2 Å². The smallest absolute Gasteiger partial charge is 0.240 e. The number of sulfonamides is 1. The van der Waals surface area contributed by atoms with E-state index in [0.717, 1.165) is 0 Å². The zero-order valence-corrected chi connectivity index (χ0v) is 13.0. The fraction of sp³-hybridized carbons (Fsp3) is 0.500. The van der Waals surface area contributed by atoms with Crippen LogP contribution in [0, 0.1) is 16.7 Å². The molecule has 1 atom stereocenters. The van der Waals surface area contributed by atoms with Crippen molar-refractivity contribution in [3.8, 4) is 6.07 Å². The fourth-order valence-electron chi connectivity index (χ4n) is 1.72. The van der Waals surface area contributed by atoms with Crippen molar-refractivity contribution in [2.45, 2.75) is 31.8 Å². The molecule has 5 nitrogen and oxygen atoms in total. The average molecular weight is 296 g/mol. The van der Waals surface area contributed by atoms with Crippen LogP contribution in [0.3, 0.4) is 0 Å². The summed E-state index contributed by atoms with van der Waals surface area (Å²) in [5, 5.41) is 8.70. The van der Waals surface area contributed by atoms with E-state index in [4.69, 9.17) is 10.00 Å². The Balaban J connectivity index is 2.82. The van der Waals surface area contributed by atoms with Crippen molar-refractivity contribution in [2.24, 2.45) is 5.41 Å². The molecule has 0 radical (unpaired) electrons. The summed E-state index contributed by atoms with van der Waals surface area (Å²) < 4.78 is 32.1. The fourth-order valence-corrected chi connectivity index (χ4v) is 2.75. The molecule has 0 bridgehead atoms. The summed E-state index contributed by atoms with van der Waals surface area (Å²) in [7, 11) is -2.03. The summed E-state index contributed by atoms with van der Waals surface area (Å²) in [6.45, 7) is 6.15. The van der Waals surface area contributed by atoms with Gasteiger partial charge in [0.05, 0.1) is 22.6 Å². The third-order valence-corrected chi connectivity index (χ3v) is 4.44. The minimum Gasteiger partial charge on any atom is -0.380 e. The number of hydrogen-bond donors (Lipinski definition) is 1. The maximum absolute atomic E-state index is 12.1. The summed E-state index contributed by atoms with van der Waals surface area (Å²) in [5.74, 6) is 0. The van der Waals surface area contributed by atoms with Crippen LogP contribution in [0.2, 0.25) is 0 Å². The molecule has 110 valence electrons. The molecule has 0 aromatic heterocycles. The molecule has 0 amide bonds. The molecule has 0 saturated heterocycles. The van der Waals surface area contributed by atoms with Gasteiger partial charge in [-0.2, -0.15) is 5.26 Å². The lowest BCUT2D eigenvalue weighted by Crippen LogP contribution is -2.40. The first-order valence-electron chi connectivity index (χ1n) is 6.23. The summed E-state index contributed by atoms with van der Waals surface area (Å²) in [5.41, 5.74) is 0.260. The minimum atomic E-state index is -3.59. The van der Waals surface area contributed by atoms with Gasteiger partial charge in [-0.25, -0.2) is 13.1 Å². The second kappa shape index (κ2) is 6.35. The minimum absolute atomic E-state index is 0.139. The van der Waals surface area contributed by atoms with Crippen LogP contribution in [-0.4, -0.2) is 28.2 Å². The molecule has 0 heterocycles. The first-order valence-corrected chi connectivity index (χ1v) is 7.71. The van der Waals surface area contributed by atoms with E-state index < -0.39 is 10.0 Å². The number of rotatable bonds is 5. The molecule has 1 aromatic carbocycles. The van der Waals surface area contributed by atoms with Crippen LogP contribution < -0.4 is 4.72 Å². The number of ether oxygens (including phenoxy) is 1. The van der Waals surface area contributed by atoms with E-state index in [1.165, 1.54) is 24.3 Å². The Bertz CT molecular complexity index is 580. The number of nitrogens with zero attached hydrogens (tertiary/aromatic N) is 1. The van der Waals surface area contributed by atoms with E-state index in [0.29, 0.717) is 5.56 Å². The van der Waals surface area contributed by atoms with Crippen LogP contribution in [0.15, 0.2) is 29.2 Å². The Labute approximate surface area is 120 Å². The van der Waals surface area contributed by atoms with E-state index in [1.807, 2.05) is 26.8 Å². The lowest BCUT2D eigenvalue weighted by atomic mass is 9.89. The lowest BCUT2D eigenvalue weighted by molar-refractivity contribution is 0.0212. The third kappa shape index (κ3) is 4.30. The van der Waals surface area contributed by atoms with Gasteiger partial charge in [0.2, 0.25) is 10.0 Å². The van der Waals surface area contributed by atoms with Gasteiger partial charge in [-0.1, -0.05) is 20.8 Å². The standard InChI is InChI=1S/C14H20N2O3S/c1-14(2,3)13(19-4)10-16-20(17,18)12-7-5-11(9-15)6-8-12/h5-8,13,16H,10H2,1-4H3/t13-/m1/s1. The number of nitrogens with one attached hydrogen (secondary N) is 1. The molecule has 0 saturated carbocycles. The Kier molecular flexibility index (Phi) is 5.28. The van der Waals surface area contributed by atoms with Crippen LogP contribution in [0.1, 0.15) is 26.3 Å². The first kappa shape index (κ1) is 16.6. The summed E-state index contributed by atoms with van der Waals surface area (Å²) in [4.78, 5) is 0.139. The molecule has 1 aromatic rings. The topological polar surface area (TPSA) is 79.2 Å². The second-order valence-electron chi connectivity index (χ2n) is 5.58. The highest BCUT2D eigenvalue weighted by Gasteiger charge is 2.26. The third-order valence-electron chi connectivity index (χ3n) is 3.00. The largest absolute Gasteiger partial charge is 0.380 e. The van der Waals surface area contributed by atoms with Crippen molar-refractivity contribution in [1.29, 1.82) is 5.26 Å². The zero-order chi connectivity index (χ0) is 15.4. The predicted molar refractivity (Wildman–Crippen MR) is 76.6 cm³/mol. The van der Waals surface area contributed by atoms with Crippen LogP contribution >= 0.6 is 0 Å². The maximum Gasteiger partial charge on any atom is 0.240 e. The summed E-state index contributed by atoms with van der Waals surface area (Å²) in [6.07, 6.45) is -0.226. The zero-order valence-electron chi connectivity index (χ0n) is 12.2. The van der Waals surface area contributed by atoms with Gasteiger partial charge in [0, 0.05) is 13.7 Å². The molecule has 0 unspecified atom stereocenters. The van der Waals surface area contributed by atoms with Crippen molar-refractivity contribution >= 4 is 10.0 Å². The van der Waals surface area contributed by atoms with Gasteiger partial charge in [0.1, 0.15) is 0 Å². The number of methoxy groups -OCH3 is 1. The molecular formula is C14H20N2O3S. The highest BCUT2D eigenvalue weighted by molar-refractivity contribution is 7.89. The molecule has 0 aliphatic heterocycles. The molecule has 20 heavy (non-hydrogen) atoms. The van der Waals surface area contributed by atoms with Gasteiger partial charge in [0.15, 0.2) is 0 Å². The molecule has 6 heteroatoms. The molecule has 1 rings (SSSR count). The molecule has 0 fully saturated rings. The van der Waals surface area contributed by atoms with Gasteiger partial charge in [0.25, 0.3) is 0 Å². The molecule has 0 spiro atoms. The highest BCUT2D eigenvalue weighted by atomic mass is 32.2. The van der Waals surface area contributed by atoms with E-state index in [2.05, 4.69) is 4.72 Å². The Morgan fingerprint density at radius 2 is 1.85 bits per heavy atom. The molecule has 0 aliphatic carbocycles. The van der Waals surface area contributed by atoms with Gasteiger partial charge < -0.3 is 4.74 Å². The highest BCUT2D eigenvalue weighted by Crippen LogP contribution is 2.21. The number of hydrogen-bond acceptors (Lipinski definition) is 4. The van der Waals surface area contributed by atoms with Gasteiger partial charge in [-0.05, 0) is 29.7 Å². The Hall–Kier alpha value is -1.42. The first-order chi connectivity index (χ1) is 9.20. The van der Waals surface area contributed by atoms with Gasteiger partial charge >= 0.3 is 0 Å². The summed E-state index contributed by atoms with van der Waals surface area (Å²) >= 11 is 0. The van der Waals surface area contributed by atoms with Crippen LogP contribution in [-0.2, 0) is 14.8 Å². The average Bonchev–Trinajstić information content (AvgIpc) is 2.38. The van der Waals surface area contributed by atoms with Gasteiger partial charge in [-0.15, -0.1) is 0 Å². The number of benzene rings is 1. The Morgan fingerprint density at radius 1 is 1.30 bits per heavy atom. The van der Waals surface area contributed by atoms with Crippen LogP contribution in [0.25, 0.3) is 0 Å². The molecular weight excluding hydrogens is 276 g/mol. The van der Waals surface area contributed by atoms with Crippen LogP contribution in [0.4, 0.5) is 0 Å². The van der Waals surface area contributed by atoms with Crippen molar-refractivity contribution in [2.75, 3.05) is 13.7 Å². The maximum atomic E-state index is 12.1. The van der Waals surface area contributed by atoms with Gasteiger partial charge in [-0.3, -0.25) is 0 Å².